The number of fused-ring (bicyclic) bond motifs is 1. The summed E-state index contributed by atoms with van der Waals surface area (Å²) in [6.45, 7) is 10.4. The van der Waals surface area contributed by atoms with E-state index in [9.17, 15) is 9.59 Å². The molecule has 2 heterocycles. The van der Waals surface area contributed by atoms with Crippen LogP contribution >= 0.6 is 0 Å². The van der Waals surface area contributed by atoms with Gasteiger partial charge in [-0.2, -0.15) is 5.10 Å². The van der Waals surface area contributed by atoms with Crippen molar-refractivity contribution in [1.29, 1.82) is 0 Å². The predicted molar refractivity (Wildman–Crippen MR) is 84.2 cm³/mol. The molecule has 128 valence electrons. The zero-order chi connectivity index (χ0) is 17.2. The van der Waals surface area contributed by atoms with Crippen molar-refractivity contribution in [3.05, 3.63) is 17.0 Å². The molecule has 1 amide bonds. The molecule has 0 aliphatic carbocycles. The van der Waals surface area contributed by atoms with E-state index in [1.807, 2.05) is 27.7 Å². The van der Waals surface area contributed by atoms with Crippen molar-refractivity contribution in [1.82, 2.24) is 15.1 Å². The molecule has 1 aromatic heterocycles. The third-order valence-corrected chi connectivity index (χ3v) is 3.71. The molecule has 1 aromatic rings. The Morgan fingerprint density at radius 3 is 2.61 bits per heavy atom. The van der Waals surface area contributed by atoms with Crippen LogP contribution in [0.25, 0.3) is 0 Å². The van der Waals surface area contributed by atoms with Gasteiger partial charge in [-0.05, 0) is 34.1 Å². The fraction of sp³-hybridized carbons (Fsp3) is 0.688. The van der Waals surface area contributed by atoms with Crippen LogP contribution in [-0.2, 0) is 16.0 Å². The molecule has 0 saturated heterocycles. The van der Waals surface area contributed by atoms with Gasteiger partial charge in [0, 0.05) is 23.7 Å². The number of aromatic nitrogens is 2. The van der Waals surface area contributed by atoms with Crippen LogP contribution in [0.2, 0.25) is 0 Å². The average Bonchev–Trinajstić information content (AvgIpc) is 2.88. The first-order valence-corrected chi connectivity index (χ1v) is 7.99. The quantitative estimate of drug-likeness (QED) is 0.865. The highest BCUT2D eigenvalue weighted by molar-refractivity contribution is 5.89. The summed E-state index contributed by atoms with van der Waals surface area (Å²) in [7, 11) is 0. The minimum absolute atomic E-state index is 0.0990. The monoisotopic (exact) mass is 323 g/mol. The summed E-state index contributed by atoms with van der Waals surface area (Å²) in [6.07, 6.45) is 0.453. The molecular weight excluding hydrogens is 298 g/mol. The van der Waals surface area contributed by atoms with Crippen LogP contribution in [0.4, 0.5) is 4.79 Å². The van der Waals surface area contributed by atoms with E-state index in [-0.39, 0.29) is 24.3 Å². The summed E-state index contributed by atoms with van der Waals surface area (Å²) in [5.41, 5.74) is 1.34. The second-order valence-corrected chi connectivity index (χ2v) is 6.65. The molecule has 0 bridgehead atoms. The van der Waals surface area contributed by atoms with E-state index in [1.165, 1.54) is 0 Å². The standard InChI is InChI=1S/C16H25N3O4/c1-6-10-8-19(15(21)23-16(3,4)5)9-11-12(10)17-18-13(11)14(20)22-7-2/h10H,6-9H2,1-5H3,(H,17,18)/t10-/m1/s1. The van der Waals surface area contributed by atoms with E-state index in [0.29, 0.717) is 13.1 Å². The molecule has 1 aliphatic rings. The summed E-state index contributed by atoms with van der Waals surface area (Å²) in [5, 5.41) is 7.05. The largest absolute Gasteiger partial charge is 0.461 e. The maximum atomic E-state index is 12.4. The number of carbonyl (C=O) groups is 2. The number of nitrogens with zero attached hydrogens (tertiary/aromatic N) is 2. The Kier molecular flexibility index (Phi) is 4.97. The molecule has 1 aliphatic heterocycles. The zero-order valence-corrected chi connectivity index (χ0v) is 14.4. The van der Waals surface area contributed by atoms with Crippen molar-refractivity contribution in [3.63, 3.8) is 0 Å². The molecule has 7 nitrogen and oxygen atoms in total. The topological polar surface area (TPSA) is 84.5 Å². The first-order valence-electron chi connectivity index (χ1n) is 7.99. The molecule has 0 unspecified atom stereocenters. The van der Waals surface area contributed by atoms with E-state index < -0.39 is 11.6 Å². The first-order chi connectivity index (χ1) is 10.8. The first kappa shape index (κ1) is 17.3. The highest BCUT2D eigenvalue weighted by Gasteiger charge is 2.35. The molecule has 7 heteroatoms. The molecule has 0 radical (unpaired) electrons. The molecule has 0 saturated carbocycles. The summed E-state index contributed by atoms with van der Waals surface area (Å²) < 4.78 is 10.5. The van der Waals surface area contributed by atoms with E-state index in [1.54, 1.807) is 11.8 Å². The number of carbonyl (C=O) groups excluding carboxylic acids is 2. The Hall–Kier alpha value is -2.05. The van der Waals surface area contributed by atoms with Crippen LogP contribution in [0.5, 0.6) is 0 Å². The van der Waals surface area contributed by atoms with Gasteiger partial charge in [0.1, 0.15) is 5.60 Å². The lowest BCUT2D eigenvalue weighted by atomic mass is 9.93. The maximum Gasteiger partial charge on any atom is 0.410 e. The molecule has 1 N–H and O–H groups in total. The van der Waals surface area contributed by atoms with E-state index >= 15 is 0 Å². The molecular formula is C16H25N3O4. The third kappa shape index (κ3) is 3.83. The van der Waals surface area contributed by atoms with Gasteiger partial charge < -0.3 is 14.4 Å². The number of hydrogen-bond acceptors (Lipinski definition) is 5. The summed E-state index contributed by atoms with van der Waals surface area (Å²) >= 11 is 0. The Bertz CT molecular complexity index is 589. The van der Waals surface area contributed by atoms with Crippen LogP contribution in [0.1, 0.15) is 68.7 Å². The number of amides is 1. The molecule has 0 fully saturated rings. The van der Waals surface area contributed by atoms with Crippen LogP contribution in [0.15, 0.2) is 0 Å². The third-order valence-electron chi connectivity index (χ3n) is 3.71. The van der Waals surface area contributed by atoms with Crippen molar-refractivity contribution in [2.75, 3.05) is 13.2 Å². The van der Waals surface area contributed by atoms with E-state index in [2.05, 4.69) is 10.2 Å². The van der Waals surface area contributed by atoms with Gasteiger partial charge in [-0.3, -0.25) is 5.10 Å². The van der Waals surface area contributed by atoms with Gasteiger partial charge in [0.2, 0.25) is 0 Å². The summed E-state index contributed by atoms with van der Waals surface area (Å²) in [4.78, 5) is 26.0. The van der Waals surface area contributed by atoms with E-state index in [0.717, 1.165) is 17.7 Å². The molecule has 23 heavy (non-hydrogen) atoms. The lowest BCUT2D eigenvalue weighted by Crippen LogP contribution is -2.41. The number of H-pyrrole nitrogens is 1. The van der Waals surface area contributed by atoms with Crippen LogP contribution < -0.4 is 0 Å². The Balaban J connectivity index is 2.27. The number of esters is 1. The fourth-order valence-electron chi connectivity index (χ4n) is 2.66. The number of rotatable bonds is 3. The van der Waals surface area contributed by atoms with Crippen molar-refractivity contribution in [2.45, 2.75) is 59.1 Å². The highest BCUT2D eigenvalue weighted by atomic mass is 16.6. The van der Waals surface area contributed by atoms with Crippen molar-refractivity contribution in [3.8, 4) is 0 Å². The van der Waals surface area contributed by atoms with Crippen LogP contribution in [0.3, 0.4) is 0 Å². The molecule has 2 rings (SSSR count). The van der Waals surface area contributed by atoms with Crippen molar-refractivity contribution < 1.29 is 19.1 Å². The van der Waals surface area contributed by atoms with Crippen molar-refractivity contribution >= 4 is 12.1 Å². The molecule has 0 aromatic carbocycles. The van der Waals surface area contributed by atoms with Gasteiger partial charge in [-0.15, -0.1) is 0 Å². The van der Waals surface area contributed by atoms with Gasteiger partial charge in [-0.25, -0.2) is 9.59 Å². The van der Waals surface area contributed by atoms with Gasteiger partial charge >= 0.3 is 12.1 Å². The SMILES string of the molecule is CCOC(=O)c1n[nH]c2c1CN(C(=O)OC(C)(C)C)C[C@H]2CC. The average molecular weight is 323 g/mol. The number of aromatic amines is 1. The van der Waals surface area contributed by atoms with Gasteiger partial charge in [-0.1, -0.05) is 6.92 Å². The number of hydrogen-bond donors (Lipinski definition) is 1. The van der Waals surface area contributed by atoms with Crippen LogP contribution in [-0.4, -0.2) is 45.9 Å². The van der Waals surface area contributed by atoms with Gasteiger partial charge in [0.15, 0.2) is 5.69 Å². The lowest BCUT2D eigenvalue weighted by Gasteiger charge is -2.33. The summed E-state index contributed by atoms with van der Waals surface area (Å²) in [5.74, 6) is -0.368. The smallest absolute Gasteiger partial charge is 0.410 e. The maximum absolute atomic E-state index is 12.4. The minimum atomic E-state index is -0.556. The zero-order valence-electron chi connectivity index (χ0n) is 14.4. The highest BCUT2D eigenvalue weighted by Crippen LogP contribution is 2.32. The Morgan fingerprint density at radius 2 is 2.04 bits per heavy atom. The Morgan fingerprint density at radius 1 is 1.35 bits per heavy atom. The van der Waals surface area contributed by atoms with E-state index in [4.69, 9.17) is 9.47 Å². The van der Waals surface area contributed by atoms with Crippen molar-refractivity contribution in [2.24, 2.45) is 0 Å². The Labute approximate surface area is 136 Å². The normalized spacial score (nSPS) is 17.6. The molecule has 0 spiro atoms. The number of ether oxygens (including phenoxy) is 2. The van der Waals surface area contributed by atoms with Crippen LogP contribution in [0, 0.1) is 0 Å². The molecule has 1 atom stereocenters. The fourth-order valence-corrected chi connectivity index (χ4v) is 2.66. The lowest BCUT2D eigenvalue weighted by molar-refractivity contribution is 0.0200. The number of nitrogens with one attached hydrogen (secondary N) is 1. The van der Waals surface area contributed by atoms with Gasteiger partial charge in [0.05, 0.1) is 13.2 Å². The predicted octanol–water partition coefficient (Wildman–Crippen LogP) is 2.83. The summed E-state index contributed by atoms with van der Waals surface area (Å²) in [6, 6.07) is 0. The second kappa shape index (κ2) is 6.60. The second-order valence-electron chi connectivity index (χ2n) is 6.65. The van der Waals surface area contributed by atoms with Gasteiger partial charge in [0.25, 0.3) is 0 Å². The minimum Gasteiger partial charge on any atom is -0.461 e.